The van der Waals surface area contributed by atoms with Gasteiger partial charge < -0.3 is 14.8 Å². The van der Waals surface area contributed by atoms with Gasteiger partial charge in [0.25, 0.3) is 0 Å². The highest BCUT2D eigenvalue weighted by molar-refractivity contribution is 5.78. The van der Waals surface area contributed by atoms with Gasteiger partial charge in [0.15, 0.2) is 0 Å². The summed E-state index contributed by atoms with van der Waals surface area (Å²) >= 11 is 0. The summed E-state index contributed by atoms with van der Waals surface area (Å²) < 4.78 is 24.0. The number of carbonyl (C=O) groups excluding carboxylic acids is 1. The number of piperazine rings is 1. The molecule has 162 valence electrons. The van der Waals surface area contributed by atoms with Gasteiger partial charge in [0, 0.05) is 51.9 Å². The Labute approximate surface area is 177 Å². The molecule has 1 aliphatic heterocycles. The van der Waals surface area contributed by atoms with E-state index >= 15 is 0 Å². The molecule has 2 aromatic rings. The highest BCUT2D eigenvalue weighted by Gasteiger charge is 2.20. The predicted octanol–water partition coefficient (Wildman–Crippen LogP) is 2.41. The number of carbonyl (C=O) groups is 1. The monoisotopic (exact) mass is 415 g/mol. The number of hydrogen-bond donors (Lipinski definition) is 1. The highest BCUT2D eigenvalue weighted by Crippen LogP contribution is 2.21. The summed E-state index contributed by atoms with van der Waals surface area (Å²) in [5, 5.41) is 2.99. The molecule has 1 amide bonds. The van der Waals surface area contributed by atoms with Crippen molar-refractivity contribution in [1.82, 2.24) is 15.1 Å². The van der Waals surface area contributed by atoms with E-state index in [0.717, 1.165) is 42.9 Å². The Morgan fingerprint density at radius 3 is 2.33 bits per heavy atom. The van der Waals surface area contributed by atoms with Crippen molar-refractivity contribution in [3.05, 3.63) is 65.0 Å². The van der Waals surface area contributed by atoms with Gasteiger partial charge >= 0.3 is 0 Å². The molecule has 0 bridgehead atoms. The Morgan fingerprint density at radius 2 is 1.67 bits per heavy atom. The van der Waals surface area contributed by atoms with Gasteiger partial charge in [0.1, 0.15) is 11.6 Å². The van der Waals surface area contributed by atoms with Gasteiger partial charge in [-0.15, -0.1) is 0 Å². The van der Waals surface area contributed by atoms with Gasteiger partial charge in [-0.25, -0.2) is 4.39 Å². The van der Waals surface area contributed by atoms with Crippen LogP contribution in [0.2, 0.25) is 0 Å². The lowest BCUT2D eigenvalue weighted by Gasteiger charge is -2.34. The summed E-state index contributed by atoms with van der Waals surface area (Å²) in [5.41, 5.74) is 3.03. The van der Waals surface area contributed by atoms with Crippen molar-refractivity contribution in [1.29, 1.82) is 0 Å². The average molecular weight is 416 g/mol. The van der Waals surface area contributed by atoms with Crippen LogP contribution in [-0.4, -0.2) is 62.7 Å². The van der Waals surface area contributed by atoms with Crippen LogP contribution in [0.3, 0.4) is 0 Å². The van der Waals surface area contributed by atoms with E-state index in [-0.39, 0.29) is 11.7 Å². The minimum atomic E-state index is -0.255. The van der Waals surface area contributed by atoms with Crippen LogP contribution in [0, 0.1) is 5.82 Å². The number of rotatable bonds is 9. The first-order valence-corrected chi connectivity index (χ1v) is 10.2. The van der Waals surface area contributed by atoms with Gasteiger partial charge in [-0.2, -0.15) is 0 Å². The minimum absolute atomic E-state index is 0.0243. The molecule has 0 atom stereocenters. The molecule has 2 aromatic carbocycles. The lowest BCUT2D eigenvalue weighted by Crippen LogP contribution is -2.49. The van der Waals surface area contributed by atoms with E-state index in [1.807, 2.05) is 24.3 Å². The maximum absolute atomic E-state index is 13.6. The Kier molecular flexibility index (Phi) is 8.19. The first-order valence-electron chi connectivity index (χ1n) is 10.2. The van der Waals surface area contributed by atoms with Crippen LogP contribution in [0.1, 0.15) is 16.7 Å². The van der Waals surface area contributed by atoms with Crippen LogP contribution in [-0.2, 0) is 29.2 Å². The predicted molar refractivity (Wildman–Crippen MR) is 114 cm³/mol. The van der Waals surface area contributed by atoms with Crippen LogP contribution in [0.15, 0.2) is 42.5 Å². The minimum Gasteiger partial charge on any atom is -0.496 e. The van der Waals surface area contributed by atoms with Crippen molar-refractivity contribution in [2.75, 3.05) is 46.9 Å². The third-order valence-corrected chi connectivity index (χ3v) is 5.29. The second-order valence-corrected chi connectivity index (χ2v) is 7.53. The van der Waals surface area contributed by atoms with Crippen LogP contribution in [0.25, 0.3) is 0 Å². The van der Waals surface area contributed by atoms with Crippen LogP contribution in [0.5, 0.6) is 5.75 Å². The van der Waals surface area contributed by atoms with E-state index in [2.05, 4.69) is 15.1 Å². The van der Waals surface area contributed by atoms with E-state index < -0.39 is 0 Å². The van der Waals surface area contributed by atoms with E-state index in [1.54, 1.807) is 20.3 Å². The second-order valence-electron chi connectivity index (χ2n) is 7.53. The first kappa shape index (κ1) is 22.2. The zero-order valence-corrected chi connectivity index (χ0v) is 17.7. The molecule has 0 aromatic heterocycles. The molecule has 3 rings (SSSR count). The molecule has 1 aliphatic rings. The van der Waals surface area contributed by atoms with Gasteiger partial charge in [0.05, 0.1) is 20.3 Å². The highest BCUT2D eigenvalue weighted by atomic mass is 19.1. The summed E-state index contributed by atoms with van der Waals surface area (Å²) in [6.45, 7) is 5.39. The van der Waals surface area contributed by atoms with Gasteiger partial charge in [-0.1, -0.05) is 24.3 Å². The smallest absolute Gasteiger partial charge is 0.234 e. The molecular formula is C23H30FN3O3. The average Bonchev–Trinajstić information content (AvgIpc) is 2.75. The van der Waals surface area contributed by atoms with Crippen molar-refractivity contribution >= 4 is 5.91 Å². The van der Waals surface area contributed by atoms with Crippen molar-refractivity contribution < 1.29 is 18.7 Å². The van der Waals surface area contributed by atoms with E-state index in [1.165, 1.54) is 12.1 Å². The fraction of sp³-hybridized carbons (Fsp3) is 0.435. The van der Waals surface area contributed by atoms with Crippen LogP contribution < -0.4 is 10.1 Å². The number of methoxy groups -OCH3 is 2. The van der Waals surface area contributed by atoms with E-state index in [0.29, 0.717) is 32.0 Å². The summed E-state index contributed by atoms with van der Waals surface area (Å²) in [7, 11) is 3.27. The lowest BCUT2D eigenvalue weighted by atomic mass is 10.1. The van der Waals surface area contributed by atoms with Crippen molar-refractivity contribution in [3.8, 4) is 5.75 Å². The number of nitrogens with zero attached hydrogens (tertiary/aromatic N) is 2. The van der Waals surface area contributed by atoms with Gasteiger partial charge in [-0.3, -0.25) is 14.6 Å². The Hall–Kier alpha value is -2.48. The standard InChI is InChI=1S/C23H30FN3O3/c1-29-17-19-5-3-18(4-6-19)14-25-23(28)16-27-11-9-26(10-12-27)15-20-13-21(24)7-8-22(20)30-2/h3-8,13H,9-12,14-17H2,1-2H3,(H,25,28). The molecule has 1 saturated heterocycles. The Balaban J connectivity index is 1.40. The summed E-state index contributed by atoms with van der Waals surface area (Å²) in [6, 6.07) is 12.6. The topological polar surface area (TPSA) is 54.0 Å². The molecular weight excluding hydrogens is 385 g/mol. The van der Waals surface area contributed by atoms with Crippen LogP contribution >= 0.6 is 0 Å². The number of amides is 1. The van der Waals surface area contributed by atoms with Crippen molar-refractivity contribution in [3.63, 3.8) is 0 Å². The first-order chi connectivity index (χ1) is 14.6. The molecule has 0 spiro atoms. The number of benzene rings is 2. The van der Waals surface area contributed by atoms with E-state index in [9.17, 15) is 9.18 Å². The summed E-state index contributed by atoms with van der Waals surface area (Å²) in [5.74, 6) is 0.471. The molecule has 1 heterocycles. The SMILES string of the molecule is COCc1ccc(CNC(=O)CN2CCN(Cc3cc(F)ccc3OC)CC2)cc1. The largest absolute Gasteiger partial charge is 0.496 e. The zero-order valence-electron chi connectivity index (χ0n) is 17.7. The Bertz CT molecular complexity index is 821. The molecule has 0 radical (unpaired) electrons. The third kappa shape index (κ3) is 6.52. The quantitative estimate of drug-likeness (QED) is 0.682. The number of hydrogen-bond acceptors (Lipinski definition) is 5. The van der Waals surface area contributed by atoms with Crippen LogP contribution in [0.4, 0.5) is 4.39 Å². The van der Waals surface area contributed by atoms with Crippen molar-refractivity contribution in [2.45, 2.75) is 19.7 Å². The number of halogens is 1. The molecule has 0 saturated carbocycles. The molecule has 1 fully saturated rings. The molecule has 0 aliphatic carbocycles. The lowest BCUT2D eigenvalue weighted by molar-refractivity contribution is -0.122. The summed E-state index contributed by atoms with van der Waals surface area (Å²) in [4.78, 5) is 16.7. The van der Waals surface area contributed by atoms with E-state index in [4.69, 9.17) is 9.47 Å². The molecule has 30 heavy (non-hydrogen) atoms. The molecule has 0 unspecified atom stereocenters. The molecule has 6 nitrogen and oxygen atoms in total. The third-order valence-electron chi connectivity index (χ3n) is 5.29. The fourth-order valence-electron chi connectivity index (χ4n) is 3.60. The fourth-order valence-corrected chi connectivity index (χ4v) is 3.60. The number of ether oxygens (including phenoxy) is 2. The number of nitrogens with one attached hydrogen (secondary N) is 1. The Morgan fingerprint density at radius 1 is 1.00 bits per heavy atom. The maximum atomic E-state index is 13.6. The molecule has 7 heteroatoms. The zero-order chi connectivity index (χ0) is 21.3. The van der Waals surface area contributed by atoms with Crippen molar-refractivity contribution in [2.24, 2.45) is 0 Å². The van der Waals surface area contributed by atoms with Gasteiger partial charge in [-0.05, 0) is 29.3 Å². The summed E-state index contributed by atoms with van der Waals surface area (Å²) in [6.07, 6.45) is 0. The van der Waals surface area contributed by atoms with Gasteiger partial charge in [0.2, 0.25) is 5.91 Å². The normalized spacial score (nSPS) is 15.2. The maximum Gasteiger partial charge on any atom is 0.234 e. The molecule has 1 N–H and O–H groups in total. The second kappa shape index (κ2) is 11.1.